The lowest BCUT2D eigenvalue weighted by Gasteiger charge is -2.20. The molecule has 0 bridgehead atoms. The van der Waals surface area contributed by atoms with Gasteiger partial charge in [0, 0.05) is 19.2 Å². The summed E-state index contributed by atoms with van der Waals surface area (Å²) in [4.78, 5) is 26.2. The predicted molar refractivity (Wildman–Crippen MR) is 118 cm³/mol. The average Bonchev–Trinajstić information content (AvgIpc) is 3.28. The second kappa shape index (κ2) is 11.1. The molecule has 2 aromatic carbocycles. The number of fused-ring (bicyclic) bond motifs is 1. The molecule has 0 saturated heterocycles. The number of ether oxygens (including phenoxy) is 5. The lowest BCUT2D eigenvalue weighted by molar-refractivity contribution is -0.148. The van der Waals surface area contributed by atoms with Crippen LogP contribution in [0.2, 0.25) is 0 Å². The van der Waals surface area contributed by atoms with E-state index in [1.54, 1.807) is 36.3 Å². The SMILES string of the molecule is CCOc1ccc(/C=C/C(=O)OCC(=O)N(CC)Cc2ccc3c(c2)OCO3)cc1OC. The van der Waals surface area contributed by atoms with Crippen LogP contribution in [0.3, 0.4) is 0 Å². The van der Waals surface area contributed by atoms with Gasteiger partial charge in [-0.05, 0) is 55.3 Å². The predicted octanol–water partition coefficient (Wildman–Crippen LogP) is 3.43. The highest BCUT2D eigenvalue weighted by molar-refractivity contribution is 5.89. The zero-order valence-electron chi connectivity index (χ0n) is 18.5. The summed E-state index contributed by atoms with van der Waals surface area (Å²) >= 11 is 0. The van der Waals surface area contributed by atoms with Crippen LogP contribution in [0.25, 0.3) is 6.08 Å². The van der Waals surface area contributed by atoms with Crippen molar-refractivity contribution in [2.24, 2.45) is 0 Å². The minimum Gasteiger partial charge on any atom is -0.493 e. The van der Waals surface area contributed by atoms with Crippen LogP contribution in [0.5, 0.6) is 23.0 Å². The van der Waals surface area contributed by atoms with Gasteiger partial charge in [-0.15, -0.1) is 0 Å². The lowest BCUT2D eigenvalue weighted by atomic mass is 10.2. The minimum absolute atomic E-state index is 0.197. The number of esters is 1. The molecule has 0 aliphatic carbocycles. The molecule has 0 unspecified atom stereocenters. The first-order chi connectivity index (χ1) is 15.5. The zero-order chi connectivity index (χ0) is 22.9. The molecule has 0 radical (unpaired) electrons. The maximum atomic E-state index is 12.5. The van der Waals surface area contributed by atoms with Crippen molar-refractivity contribution in [3.05, 3.63) is 53.6 Å². The van der Waals surface area contributed by atoms with E-state index in [0.717, 1.165) is 11.1 Å². The highest BCUT2D eigenvalue weighted by atomic mass is 16.7. The zero-order valence-corrected chi connectivity index (χ0v) is 18.5. The molecule has 0 saturated carbocycles. The molecule has 0 spiro atoms. The fraction of sp³-hybridized carbons (Fsp3) is 0.333. The molecule has 3 rings (SSSR count). The van der Waals surface area contributed by atoms with Crippen LogP contribution in [-0.4, -0.2) is 50.4 Å². The Morgan fingerprint density at radius 1 is 1.06 bits per heavy atom. The van der Waals surface area contributed by atoms with Crippen LogP contribution in [-0.2, 0) is 20.9 Å². The lowest BCUT2D eigenvalue weighted by Crippen LogP contribution is -2.33. The van der Waals surface area contributed by atoms with Crippen LogP contribution < -0.4 is 18.9 Å². The Morgan fingerprint density at radius 2 is 1.88 bits per heavy atom. The molecular weight excluding hydrogens is 414 g/mol. The van der Waals surface area contributed by atoms with Gasteiger partial charge in [0.2, 0.25) is 6.79 Å². The first-order valence-electron chi connectivity index (χ1n) is 10.4. The molecule has 0 N–H and O–H groups in total. The fourth-order valence-electron chi connectivity index (χ4n) is 3.14. The number of amides is 1. The monoisotopic (exact) mass is 441 g/mol. The quantitative estimate of drug-likeness (QED) is 0.413. The van der Waals surface area contributed by atoms with Crippen molar-refractivity contribution in [2.45, 2.75) is 20.4 Å². The standard InChI is InChI=1S/C24H27NO7/c1-4-25(14-18-7-10-20-22(13-18)32-16-31-20)23(26)15-30-24(27)11-8-17-6-9-19(29-5-2)21(12-17)28-3/h6-13H,4-5,14-16H2,1-3H3/b11-8+. The normalized spacial score (nSPS) is 12.0. The van der Waals surface area contributed by atoms with Gasteiger partial charge >= 0.3 is 5.97 Å². The van der Waals surface area contributed by atoms with Crippen molar-refractivity contribution in [1.29, 1.82) is 0 Å². The van der Waals surface area contributed by atoms with Crippen molar-refractivity contribution in [1.82, 2.24) is 4.90 Å². The van der Waals surface area contributed by atoms with Crippen LogP contribution >= 0.6 is 0 Å². The second-order valence-electron chi connectivity index (χ2n) is 6.88. The summed E-state index contributed by atoms with van der Waals surface area (Å²) in [5.41, 5.74) is 1.65. The summed E-state index contributed by atoms with van der Waals surface area (Å²) in [5, 5.41) is 0. The van der Waals surface area contributed by atoms with Crippen LogP contribution in [0.15, 0.2) is 42.5 Å². The van der Waals surface area contributed by atoms with Gasteiger partial charge in [0.15, 0.2) is 29.6 Å². The Kier molecular flexibility index (Phi) is 7.96. The Morgan fingerprint density at radius 3 is 2.62 bits per heavy atom. The van der Waals surface area contributed by atoms with Crippen molar-refractivity contribution in [3.63, 3.8) is 0 Å². The highest BCUT2D eigenvalue weighted by Crippen LogP contribution is 2.33. The number of nitrogens with zero attached hydrogens (tertiary/aromatic N) is 1. The molecule has 1 aliphatic rings. The van der Waals surface area contributed by atoms with Crippen molar-refractivity contribution in [2.75, 3.05) is 33.7 Å². The third-order valence-corrected chi connectivity index (χ3v) is 4.78. The van der Waals surface area contributed by atoms with Crippen LogP contribution in [0.1, 0.15) is 25.0 Å². The number of hydrogen-bond acceptors (Lipinski definition) is 7. The van der Waals surface area contributed by atoms with Gasteiger partial charge in [-0.25, -0.2) is 4.79 Å². The van der Waals surface area contributed by atoms with Gasteiger partial charge in [-0.1, -0.05) is 12.1 Å². The number of methoxy groups -OCH3 is 1. The summed E-state index contributed by atoms with van der Waals surface area (Å²) in [7, 11) is 1.55. The smallest absolute Gasteiger partial charge is 0.331 e. The number of likely N-dealkylation sites (N-methyl/N-ethyl adjacent to an activating group) is 1. The van der Waals surface area contributed by atoms with E-state index in [4.69, 9.17) is 23.7 Å². The van der Waals surface area contributed by atoms with E-state index >= 15 is 0 Å². The van der Waals surface area contributed by atoms with E-state index in [9.17, 15) is 9.59 Å². The van der Waals surface area contributed by atoms with E-state index in [1.165, 1.54) is 6.08 Å². The molecule has 1 amide bonds. The number of hydrogen-bond donors (Lipinski definition) is 0. The molecule has 2 aromatic rings. The number of benzene rings is 2. The summed E-state index contributed by atoms with van der Waals surface area (Å²) in [5.74, 6) is 1.66. The van der Waals surface area contributed by atoms with Crippen molar-refractivity contribution < 1.29 is 33.3 Å². The minimum atomic E-state index is -0.606. The van der Waals surface area contributed by atoms with Gasteiger partial charge in [0.25, 0.3) is 5.91 Å². The second-order valence-corrected chi connectivity index (χ2v) is 6.88. The highest BCUT2D eigenvalue weighted by Gasteiger charge is 2.17. The summed E-state index contributed by atoms with van der Waals surface area (Å²) in [6, 6.07) is 10.9. The Labute approximate surface area is 187 Å². The largest absolute Gasteiger partial charge is 0.493 e. The molecule has 0 fully saturated rings. The van der Waals surface area contributed by atoms with Gasteiger partial charge in [0.1, 0.15) is 0 Å². The fourth-order valence-corrected chi connectivity index (χ4v) is 3.14. The van der Waals surface area contributed by atoms with E-state index in [0.29, 0.717) is 42.7 Å². The topological polar surface area (TPSA) is 83.5 Å². The van der Waals surface area contributed by atoms with Crippen molar-refractivity contribution in [3.8, 4) is 23.0 Å². The third kappa shape index (κ3) is 5.94. The molecule has 0 atom stereocenters. The summed E-state index contributed by atoms with van der Waals surface area (Å²) < 4.78 is 26.6. The first-order valence-corrected chi connectivity index (χ1v) is 10.4. The van der Waals surface area contributed by atoms with E-state index in [1.807, 2.05) is 32.0 Å². The molecule has 8 nitrogen and oxygen atoms in total. The maximum Gasteiger partial charge on any atom is 0.331 e. The number of carbonyl (C=O) groups excluding carboxylic acids is 2. The van der Waals surface area contributed by atoms with E-state index in [-0.39, 0.29) is 19.3 Å². The van der Waals surface area contributed by atoms with Gasteiger partial charge in [-0.3, -0.25) is 4.79 Å². The molecular formula is C24H27NO7. The van der Waals surface area contributed by atoms with Crippen LogP contribution in [0.4, 0.5) is 0 Å². The van der Waals surface area contributed by atoms with Gasteiger partial charge in [-0.2, -0.15) is 0 Å². The first kappa shape index (κ1) is 23.0. The van der Waals surface area contributed by atoms with E-state index < -0.39 is 5.97 Å². The van der Waals surface area contributed by atoms with E-state index in [2.05, 4.69) is 0 Å². The Balaban J connectivity index is 1.52. The van der Waals surface area contributed by atoms with Crippen LogP contribution in [0, 0.1) is 0 Å². The van der Waals surface area contributed by atoms with Crippen molar-refractivity contribution >= 4 is 18.0 Å². The third-order valence-electron chi connectivity index (χ3n) is 4.78. The Hall–Kier alpha value is -3.68. The summed E-state index contributed by atoms with van der Waals surface area (Å²) in [6.45, 7) is 4.99. The summed E-state index contributed by atoms with van der Waals surface area (Å²) in [6.07, 6.45) is 2.87. The molecule has 1 heterocycles. The molecule has 1 aliphatic heterocycles. The molecule has 8 heteroatoms. The number of rotatable bonds is 10. The molecule has 170 valence electrons. The van der Waals surface area contributed by atoms with Gasteiger partial charge < -0.3 is 28.6 Å². The number of carbonyl (C=O) groups is 2. The Bertz CT molecular complexity index is 986. The van der Waals surface area contributed by atoms with Gasteiger partial charge in [0.05, 0.1) is 13.7 Å². The average molecular weight is 441 g/mol. The maximum absolute atomic E-state index is 12.5. The molecule has 0 aromatic heterocycles. The molecule has 32 heavy (non-hydrogen) atoms.